The Morgan fingerprint density at radius 2 is 1.93 bits per heavy atom. The molecule has 0 radical (unpaired) electrons. The van der Waals surface area contributed by atoms with Gasteiger partial charge in [-0.1, -0.05) is 41.4 Å². The Morgan fingerprint density at radius 1 is 1.07 bits per heavy atom. The average Bonchev–Trinajstić information content (AvgIpc) is 3.29. The zero-order valence-electron chi connectivity index (χ0n) is 16.5. The number of benzene rings is 3. The molecule has 4 nitrogen and oxygen atoms in total. The number of amides is 1. The Bertz CT molecular complexity index is 1210. The molecule has 1 aromatic heterocycles. The highest BCUT2D eigenvalue weighted by atomic mass is 35.5. The van der Waals surface area contributed by atoms with E-state index in [9.17, 15) is 4.79 Å². The molecule has 150 valence electrons. The van der Waals surface area contributed by atoms with Gasteiger partial charge in [0.1, 0.15) is 6.26 Å². The van der Waals surface area contributed by atoms with Crippen LogP contribution in [-0.2, 0) is 0 Å². The number of nitrogens with one attached hydrogen (secondary N) is 1. The molecular weight excluding hydrogens is 416 g/mol. The number of aryl methyl sites for hydroxylation is 1. The predicted molar refractivity (Wildman–Crippen MR) is 123 cm³/mol. The first-order chi connectivity index (χ1) is 14.5. The molecule has 0 atom stereocenters. The van der Waals surface area contributed by atoms with Gasteiger partial charge in [-0.3, -0.25) is 4.79 Å². The first-order valence-electron chi connectivity index (χ1n) is 9.31. The lowest BCUT2D eigenvalue weighted by Gasteiger charge is -2.13. The average molecular weight is 435 g/mol. The van der Waals surface area contributed by atoms with Crippen LogP contribution < -0.4 is 5.32 Å². The van der Waals surface area contributed by atoms with Crippen LogP contribution in [0.1, 0.15) is 15.9 Å². The molecular formula is C24H19ClN2O2S. The van der Waals surface area contributed by atoms with E-state index in [4.69, 9.17) is 16.0 Å². The summed E-state index contributed by atoms with van der Waals surface area (Å²) < 4.78 is 5.35. The van der Waals surface area contributed by atoms with Crippen LogP contribution in [0.2, 0.25) is 5.02 Å². The molecule has 3 aromatic carbocycles. The van der Waals surface area contributed by atoms with E-state index >= 15 is 0 Å². The Hall–Kier alpha value is -3.02. The summed E-state index contributed by atoms with van der Waals surface area (Å²) in [5, 5.41) is 3.48. The normalized spacial score (nSPS) is 10.8. The SMILES string of the molecule is CSc1ccc(C(=O)Nc2ccc(Cl)c(-c3ncco3)c2)c(-c2cccc(C)c2)c1. The van der Waals surface area contributed by atoms with E-state index in [1.165, 1.54) is 6.26 Å². The van der Waals surface area contributed by atoms with Gasteiger partial charge in [-0.05, 0) is 60.7 Å². The third-order valence-corrected chi connectivity index (χ3v) is 5.74. The summed E-state index contributed by atoms with van der Waals surface area (Å²) in [4.78, 5) is 18.4. The minimum absolute atomic E-state index is 0.195. The molecule has 0 aliphatic carbocycles. The molecule has 0 spiro atoms. The molecule has 4 rings (SSSR count). The molecule has 4 aromatic rings. The van der Waals surface area contributed by atoms with Crippen LogP contribution in [0.3, 0.4) is 0 Å². The number of oxazole rings is 1. The maximum Gasteiger partial charge on any atom is 0.256 e. The fourth-order valence-corrected chi connectivity index (χ4v) is 3.86. The van der Waals surface area contributed by atoms with Crippen molar-refractivity contribution in [3.05, 3.63) is 89.3 Å². The van der Waals surface area contributed by atoms with Gasteiger partial charge in [0.15, 0.2) is 0 Å². The molecule has 30 heavy (non-hydrogen) atoms. The van der Waals surface area contributed by atoms with Gasteiger partial charge < -0.3 is 9.73 Å². The van der Waals surface area contributed by atoms with Crippen LogP contribution in [0.4, 0.5) is 5.69 Å². The minimum Gasteiger partial charge on any atom is -0.444 e. The van der Waals surface area contributed by atoms with Crippen LogP contribution in [-0.4, -0.2) is 17.1 Å². The van der Waals surface area contributed by atoms with E-state index in [-0.39, 0.29) is 5.91 Å². The second-order valence-electron chi connectivity index (χ2n) is 6.77. The summed E-state index contributed by atoms with van der Waals surface area (Å²) in [6.07, 6.45) is 5.06. The van der Waals surface area contributed by atoms with Crippen LogP contribution in [0.5, 0.6) is 0 Å². The summed E-state index contributed by atoms with van der Waals surface area (Å²) >= 11 is 7.92. The molecule has 1 heterocycles. The van der Waals surface area contributed by atoms with E-state index in [1.54, 1.807) is 36.2 Å². The highest BCUT2D eigenvalue weighted by molar-refractivity contribution is 7.98. The number of nitrogens with zero attached hydrogens (tertiary/aromatic N) is 1. The van der Waals surface area contributed by atoms with Gasteiger partial charge in [-0.25, -0.2) is 4.98 Å². The Labute approximate surface area is 184 Å². The molecule has 1 N–H and O–H groups in total. The van der Waals surface area contributed by atoms with Crippen molar-refractivity contribution in [3.8, 4) is 22.6 Å². The van der Waals surface area contributed by atoms with Crippen molar-refractivity contribution in [2.75, 3.05) is 11.6 Å². The van der Waals surface area contributed by atoms with Gasteiger partial charge in [-0.2, -0.15) is 0 Å². The van der Waals surface area contributed by atoms with Crippen molar-refractivity contribution in [1.82, 2.24) is 4.98 Å². The smallest absolute Gasteiger partial charge is 0.256 e. The number of halogens is 1. The van der Waals surface area contributed by atoms with Crippen LogP contribution in [0.25, 0.3) is 22.6 Å². The highest BCUT2D eigenvalue weighted by Crippen LogP contribution is 2.32. The van der Waals surface area contributed by atoms with Crippen LogP contribution in [0, 0.1) is 6.92 Å². The number of rotatable bonds is 5. The van der Waals surface area contributed by atoms with Gasteiger partial charge in [0.25, 0.3) is 5.91 Å². The molecule has 0 unspecified atom stereocenters. The quantitative estimate of drug-likeness (QED) is 0.345. The van der Waals surface area contributed by atoms with Crippen molar-refractivity contribution in [2.24, 2.45) is 0 Å². The number of thioether (sulfide) groups is 1. The largest absolute Gasteiger partial charge is 0.444 e. The number of carbonyl (C=O) groups is 1. The standard InChI is InChI=1S/C24H19ClN2O2S/c1-15-4-3-5-16(12-15)20-14-18(30-2)7-8-19(20)23(28)27-17-6-9-22(25)21(13-17)24-26-10-11-29-24/h3-14H,1-2H3,(H,27,28). The molecule has 0 bridgehead atoms. The third kappa shape index (κ3) is 4.27. The summed E-state index contributed by atoms with van der Waals surface area (Å²) in [5.41, 5.74) is 4.88. The van der Waals surface area contributed by atoms with E-state index < -0.39 is 0 Å². The molecule has 0 saturated carbocycles. The Kier molecular flexibility index (Phi) is 5.93. The first-order valence-corrected chi connectivity index (χ1v) is 10.9. The zero-order chi connectivity index (χ0) is 21.1. The van der Waals surface area contributed by atoms with Crippen molar-refractivity contribution < 1.29 is 9.21 Å². The first kappa shape index (κ1) is 20.3. The molecule has 0 aliphatic rings. The van der Waals surface area contributed by atoms with Crippen molar-refractivity contribution in [2.45, 2.75) is 11.8 Å². The highest BCUT2D eigenvalue weighted by Gasteiger charge is 2.16. The summed E-state index contributed by atoms with van der Waals surface area (Å²) in [6.45, 7) is 2.04. The van der Waals surface area contributed by atoms with Gasteiger partial charge in [-0.15, -0.1) is 11.8 Å². The maximum absolute atomic E-state index is 13.2. The number of anilines is 1. The lowest BCUT2D eigenvalue weighted by molar-refractivity contribution is 0.102. The van der Waals surface area contributed by atoms with Crippen molar-refractivity contribution in [1.29, 1.82) is 0 Å². The third-order valence-electron chi connectivity index (χ3n) is 4.69. The molecule has 0 aliphatic heterocycles. The zero-order valence-corrected chi connectivity index (χ0v) is 18.1. The summed E-state index contributed by atoms with van der Waals surface area (Å²) in [5.74, 6) is 0.209. The Balaban J connectivity index is 1.70. The minimum atomic E-state index is -0.195. The second kappa shape index (κ2) is 8.78. The molecule has 0 fully saturated rings. The molecule has 6 heteroatoms. The van der Waals surface area contributed by atoms with Crippen molar-refractivity contribution in [3.63, 3.8) is 0 Å². The monoisotopic (exact) mass is 434 g/mol. The fraction of sp³-hybridized carbons (Fsp3) is 0.0833. The predicted octanol–water partition coefficient (Wildman–Crippen LogP) is 6.94. The van der Waals surface area contributed by atoms with Gasteiger partial charge in [0, 0.05) is 16.1 Å². The lowest BCUT2D eigenvalue weighted by atomic mass is 9.97. The van der Waals surface area contributed by atoms with E-state index in [1.807, 2.05) is 43.5 Å². The number of hydrogen-bond acceptors (Lipinski definition) is 4. The number of hydrogen-bond donors (Lipinski definition) is 1. The maximum atomic E-state index is 13.2. The lowest BCUT2D eigenvalue weighted by Crippen LogP contribution is -2.13. The topological polar surface area (TPSA) is 55.1 Å². The van der Waals surface area contributed by atoms with E-state index in [0.29, 0.717) is 27.7 Å². The van der Waals surface area contributed by atoms with Crippen LogP contribution >= 0.6 is 23.4 Å². The van der Waals surface area contributed by atoms with Gasteiger partial charge in [0.05, 0.1) is 16.8 Å². The van der Waals surface area contributed by atoms with Gasteiger partial charge >= 0.3 is 0 Å². The second-order valence-corrected chi connectivity index (χ2v) is 8.05. The number of aromatic nitrogens is 1. The van der Waals surface area contributed by atoms with Crippen LogP contribution in [0.15, 0.2) is 82.4 Å². The molecule has 1 amide bonds. The Morgan fingerprint density at radius 3 is 2.67 bits per heavy atom. The van der Waals surface area contributed by atoms with E-state index in [0.717, 1.165) is 21.6 Å². The van der Waals surface area contributed by atoms with E-state index in [2.05, 4.69) is 22.4 Å². The molecule has 0 saturated heterocycles. The van der Waals surface area contributed by atoms with Crippen molar-refractivity contribution >= 4 is 35.0 Å². The summed E-state index contributed by atoms with van der Waals surface area (Å²) in [6, 6.07) is 19.3. The van der Waals surface area contributed by atoms with Gasteiger partial charge in [0.2, 0.25) is 5.89 Å². The fourth-order valence-electron chi connectivity index (χ4n) is 3.22. The summed E-state index contributed by atoms with van der Waals surface area (Å²) in [7, 11) is 0. The number of carbonyl (C=O) groups excluding carboxylic acids is 1.